The summed E-state index contributed by atoms with van der Waals surface area (Å²) in [4.78, 5) is 11.2. The van der Waals surface area contributed by atoms with Gasteiger partial charge in [-0.15, -0.1) is 0 Å². The van der Waals surface area contributed by atoms with E-state index in [4.69, 9.17) is 9.72 Å². The summed E-state index contributed by atoms with van der Waals surface area (Å²) in [5.74, 6) is 1.05. The van der Waals surface area contributed by atoms with Crippen LogP contribution in [0.5, 0.6) is 0 Å². The summed E-state index contributed by atoms with van der Waals surface area (Å²) in [6.45, 7) is 3.68. The van der Waals surface area contributed by atoms with Crippen LogP contribution in [0.1, 0.15) is 80.2 Å². The predicted octanol–water partition coefficient (Wildman–Crippen LogP) is 5.20. The number of ether oxygens (including phenoxy) is 1. The quantitative estimate of drug-likeness (QED) is 0.794. The van der Waals surface area contributed by atoms with Crippen molar-refractivity contribution in [3.8, 4) is 0 Å². The summed E-state index contributed by atoms with van der Waals surface area (Å²) in [5.41, 5.74) is 4.05. The smallest absolute Gasteiger partial charge is 0.137 e. The Kier molecular flexibility index (Phi) is 7.17. The van der Waals surface area contributed by atoms with E-state index >= 15 is 0 Å². The minimum absolute atomic E-state index is 0.0700. The second-order valence-electron chi connectivity index (χ2n) is 8.46. The number of nitrogens with zero attached hydrogens (tertiary/aromatic N) is 2. The van der Waals surface area contributed by atoms with Crippen LogP contribution in [0.15, 0.2) is 30.3 Å². The number of rotatable bonds is 3. The first-order chi connectivity index (χ1) is 13.9. The highest BCUT2D eigenvalue weighted by atomic mass is 16.5. The van der Waals surface area contributed by atoms with Crippen molar-refractivity contribution < 1.29 is 4.74 Å². The highest BCUT2D eigenvalue weighted by molar-refractivity contribution is 5.18. The molecule has 2 aromatic rings. The van der Waals surface area contributed by atoms with Gasteiger partial charge in [0.25, 0.3) is 0 Å². The fourth-order valence-electron chi connectivity index (χ4n) is 4.54. The maximum Gasteiger partial charge on any atom is 0.137 e. The van der Waals surface area contributed by atoms with Gasteiger partial charge in [-0.25, -0.2) is 4.98 Å². The van der Waals surface area contributed by atoms with Crippen LogP contribution in [-0.4, -0.2) is 34.6 Å². The molecule has 0 spiro atoms. The number of fused-ring (bicyclic) bond motifs is 1. The number of aromatic nitrogens is 2. The number of aromatic amines is 1. The van der Waals surface area contributed by atoms with Gasteiger partial charge in [-0.1, -0.05) is 68.9 Å². The molecule has 1 saturated heterocycles. The number of aryl methyl sites for hydroxylation is 2. The summed E-state index contributed by atoms with van der Waals surface area (Å²) in [6.07, 6.45) is 13.1. The Morgan fingerprint density at radius 3 is 2.43 bits per heavy atom. The first kappa shape index (κ1) is 19.7. The molecular formula is C24H35N3O. The lowest BCUT2D eigenvalue weighted by Gasteiger charge is -2.32. The zero-order valence-corrected chi connectivity index (χ0v) is 17.2. The van der Waals surface area contributed by atoms with Gasteiger partial charge in [-0.3, -0.25) is 4.90 Å². The van der Waals surface area contributed by atoms with E-state index in [0.717, 1.165) is 44.9 Å². The maximum atomic E-state index is 6.13. The number of hydrogen-bond donors (Lipinski definition) is 1. The van der Waals surface area contributed by atoms with Crippen LogP contribution in [0.25, 0.3) is 0 Å². The molecule has 4 heteroatoms. The van der Waals surface area contributed by atoms with Crippen molar-refractivity contribution in [2.75, 3.05) is 19.7 Å². The molecule has 1 fully saturated rings. The Hall–Kier alpha value is -1.65. The van der Waals surface area contributed by atoms with E-state index in [-0.39, 0.29) is 6.10 Å². The van der Waals surface area contributed by atoms with Gasteiger partial charge in [-0.05, 0) is 31.2 Å². The Labute approximate surface area is 169 Å². The molecular weight excluding hydrogens is 346 g/mol. The molecule has 1 atom stereocenters. The Morgan fingerprint density at radius 2 is 1.64 bits per heavy atom. The van der Waals surface area contributed by atoms with Gasteiger partial charge in [0, 0.05) is 25.3 Å². The first-order valence-corrected chi connectivity index (χ1v) is 11.3. The van der Waals surface area contributed by atoms with Crippen LogP contribution in [0, 0.1) is 0 Å². The van der Waals surface area contributed by atoms with Crippen molar-refractivity contribution in [2.45, 2.75) is 76.9 Å². The number of imidazole rings is 1. The van der Waals surface area contributed by atoms with Crippen LogP contribution in [0.2, 0.25) is 0 Å². The molecule has 0 radical (unpaired) electrons. The average molecular weight is 382 g/mol. The molecule has 4 nitrogen and oxygen atoms in total. The standard InChI is InChI=1S/C24H35N3O/c1-2-4-6-11-15-22-21(14-10-5-3-1)25-24(26-22)23-19-27(16-17-28-23)18-20-12-8-7-9-13-20/h7-9,12-13,23H,1-6,10-11,14-19H2,(H,25,26). The summed E-state index contributed by atoms with van der Waals surface area (Å²) in [6, 6.07) is 10.7. The summed E-state index contributed by atoms with van der Waals surface area (Å²) in [5, 5.41) is 0. The Balaban J connectivity index is 1.42. The van der Waals surface area contributed by atoms with Gasteiger partial charge in [0.1, 0.15) is 11.9 Å². The third kappa shape index (κ3) is 5.45. The van der Waals surface area contributed by atoms with Crippen molar-refractivity contribution in [3.63, 3.8) is 0 Å². The molecule has 28 heavy (non-hydrogen) atoms. The molecule has 1 aromatic carbocycles. The van der Waals surface area contributed by atoms with E-state index in [1.54, 1.807) is 0 Å². The minimum Gasteiger partial charge on any atom is -0.368 e. The molecule has 1 N–H and O–H groups in total. The fraction of sp³-hybridized carbons (Fsp3) is 0.625. The summed E-state index contributed by atoms with van der Waals surface area (Å²) < 4.78 is 6.13. The number of nitrogens with one attached hydrogen (secondary N) is 1. The van der Waals surface area contributed by atoms with Crippen LogP contribution in [-0.2, 0) is 24.1 Å². The van der Waals surface area contributed by atoms with Gasteiger partial charge in [0.15, 0.2) is 0 Å². The van der Waals surface area contributed by atoms with Crippen molar-refractivity contribution >= 4 is 0 Å². The van der Waals surface area contributed by atoms with Crippen LogP contribution >= 0.6 is 0 Å². The first-order valence-electron chi connectivity index (χ1n) is 11.3. The number of H-pyrrole nitrogens is 1. The molecule has 1 unspecified atom stereocenters. The normalized spacial score (nSPS) is 22.8. The average Bonchev–Trinajstić information content (AvgIpc) is 3.12. The Bertz CT molecular complexity index is 682. The third-order valence-electron chi connectivity index (χ3n) is 6.18. The van der Waals surface area contributed by atoms with Crippen molar-refractivity contribution in [1.82, 2.24) is 14.9 Å². The maximum absolute atomic E-state index is 6.13. The molecule has 1 aliphatic carbocycles. The molecule has 0 amide bonds. The highest BCUT2D eigenvalue weighted by Crippen LogP contribution is 2.25. The molecule has 4 rings (SSSR count). The van der Waals surface area contributed by atoms with E-state index in [2.05, 4.69) is 40.2 Å². The summed E-state index contributed by atoms with van der Waals surface area (Å²) >= 11 is 0. The topological polar surface area (TPSA) is 41.1 Å². The molecule has 0 saturated carbocycles. The van der Waals surface area contributed by atoms with Gasteiger partial charge in [0.05, 0.1) is 12.3 Å². The zero-order valence-electron chi connectivity index (χ0n) is 17.2. The van der Waals surface area contributed by atoms with E-state index in [0.29, 0.717) is 0 Å². The van der Waals surface area contributed by atoms with E-state index in [9.17, 15) is 0 Å². The van der Waals surface area contributed by atoms with E-state index in [1.807, 2.05) is 0 Å². The molecule has 2 heterocycles. The molecule has 0 bridgehead atoms. The SMILES string of the molecule is c1ccc(CN2CCOC(c3nc4c([nH]3)CCCCCCCCCC4)C2)cc1. The zero-order chi connectivity index (χ0) is 19.0. The minimum atomic E-state index is 0.0700. The lowest BCUT2D eigenvalue weighted by molar-refractivity contribution is -0.0369. The third-order valence-corrected chi connectivity index (χ3v) is 6.18. The fourth-order valence-corrected chi connectivity index (χ4v) is 4.54. The number of benzene rings is 1. The second kappa shape index (κ2) is 10.2. The van der Waals surface area contributed by atoms with Gasteiger partial charge >= 0.3 is 0 Å². The second-order valence-corrected chi connectivity index (χ2v) is 8.46. The molecule has 152 valence electrons. The number of hydrogen-bond acceptors (Lipinski definition) is 3. The Morgan fingerprint density at radius 1 is 0.929 bits per heavy atom. The van der Waals surface area contributed by atoms with Crippen LogP contribution in [0.3, 0.4) is 0 Å². The van der Waals surface area contributed by atoms with Crippen LogP contribution in [0.4, 0.5) is 0 Å². The monoisotopic (exact) mass is 381 g/mol. The van der Waals surface area contributed by atoms with Crippen LogP contribution < -0.4 is 0 Å². The lowest BCUT2D eigenvalue weighted by atomic mass is 10.0. The van der Waals surface area contributed by atoms with E-state index in [1.165, 1.54) is 68.3 Å². The highest BCUT2D eigenvalue weighted by Gasteiger charge is 2.25. The van der Waals surface area contributed by atoms with Gasteiger partial charge < -0.3 is 9.72 Å². The lowest BCUT2D eigenvalue weighted by Crippen LogP contribution is -2.38. The van der Waals surface area contributed by atoms with Gasteiger partial charge in [0.2, 0.25) is 0 Å². The number of morpholine rings is 1. The van der Waals surface area contributed by atoms with Crippen molar-refractivity contribution in [3.05, 3.63) is 53.1 Å². The summed E-state index contributed by atoms with van der Waals surface area (Å²) in [7, 11) is 0. The largest absolute Gasteiger partial charge is 0.368 e. The van der Waals surface area contributed by atoms with E-state index < -0.39 is 0 Å². The van der Waals surface area contributed by atoms with Gasteiger partial charge in [-0.2, -0.15) is 0 Å². The molecule has 2 aliphatic rings. The molecule has 1 aliphatic heterocycles. The molecule has 1 aromatic heterocycles. The van der Waals surface area contributed by atoms with Crippen molar-refractivity contribution in [1.29, 1.82) is 0 Å². The predicted molar refractivity (Wildman–Crippen MR) is 113 cm³/mol. The van der Waals surface area contributed by atoms with Crippen molar-refractivity contribution in [2.24, 2.45) is 0 Å².